The molecule has 0 bridgehead atoms. The maximum atomic E-state index is 12.7. The summed E-state index contributed by atoms with van der Waals surface area (Å²) in [6, 6.07) is 9.35. The molecule has 0 atom stereocenters. The van der Waals surface area contributed by atoms with E-state index in [1.807, 2.05) is 0 Å². The molecule has 0 aliphatic heterocycles. The van der Waals surface area contributed by atoms with E-state index in [2.05, 4.69) is 21.2 Å². The summed E-state index contributed by atoms with van der Waals surface area (Å²) in [4.78, 5) is 12.3. The van der Waals surface area contributed by atoms with Gasteiger partial charge in [-0.15, -0.1) is 0 Å². The van der Waals surface area contributed by atoms with Crippen LogP contribution in [-0.4, -0.2) is 12.5 Å². The molecular weight excluding hydrogens is 375 g/mol. The number of carbonyl (C=O) groups is 1. The zero-order valence-electron chi connectivity index (χ0n) is 12.1. The first kappa shape index (κ1) is 17.3. The summed E-state index contributed by atoms with van der Waals surface area (Å²) in [5, 5.41) is 2.46. The number of anilines is 1. The molecule has 0 aromatic heterocycles. The Hall–Kier alpha value is -2.02. The van der Waals surface area contributed by atoms with Gasteiger partial charge in [-0.3, -0.25) is 4.79 Å². The third-order valence-corrected chi connectivity index (χ3v) is 3.43. The highest BCUT2D eigenvalue weighted by Crippen LogP contribution is 2.31. The van der Waals surface area contributed by atoms with E-state index >= 15 is 0 Å². The molecule has 23 heavy (non-hydrogen) atoms. The fourth-order valence-corrected chi connectivity index (χ4v) is 2.29. The Labute approximate surface area is 139 Å². The highest BCUT2D eigenvalue weighted by atomic mass is 79.9. The van der Waals surface area contributed by atoms with Crippen LogP contribution in [0.15, 0.2) is 46.9 Å². The average Bonchev–Trinajstić information content (AvgIpc) is 2.48. The second-order valence-electron chi connectivity index (χ2n) is 4.61. The zero-order chi connectivity index (χ0) is 17.0. The topological polar surface area (TPSA) is 38.3 Å². The molecule has 0 heterocycles. The van der Waals surface area contributed by atoms with Crippen molar-refractivity contribution in [2.75, 3.05) is 11.9 Å². The van der Waals surface area contributed by atoms with E-state index in [-0.39, 0.29) is 11.3 Å². The first-order valence-corrected chi connectivity index (χ1v) is 7.51. The van der Waals surface area contributed by atoms with E-state index in [9.17, 15) is 18.0 Å². The van der Waals surface area contributed by atoms with Crippen LogP contribution < -0.4 is 10.1 Å². The van der Waals surface area contributed by atoms with Crippen molar-refractivity contribution >= 4 is 27.5 Å². The minimum Gasteiger partial charge on any atom is -0.493 e. The fraction of sp³-hybridized carbons (Fsp3) is 0.188. The minimum atomic E-state index is -4.47. The number of nitrogens with one attached hydrogen (secondary N) is 1. The molecular formula is C16H13BrF3NO2. The summed E-state index contributed by atoms with van der Waals surface area (Å²) in [7, 11) is 0. The van der Waals surface area contributed by atoms with E-state index in [1.54, 1.807) is 25.1 Å². The van der Waals surface area contributed by atoms with Gasteiger partial charge in [0.05, 0.1) is 17.7 Å². The summed E-state index contributed by atoms with van der Waals surface area (Å²) in [6.45, 7) is 2.14. The van der Waals surface area contributed by atoms with Crippen LogP contribution >= 0.6 is 15.9 Å². The van der Waals surface area contributed by atoms with Gasteiger partial charge in [-0.05, 0) is 43.3 Å². The number of rotatable bonds is 4. The van der Waals surface area contributed by atoms with Crippen molar-refractivity contribution in [3.63, 3.8) is 0 Å². The predicted octanol–water partition coefficient (Wildman–Crippen LogP) is 5.12. The highest BCUT2D eigenvalue weighted by molar-refractivity contribution is 9.10. The van der Waals surface area contributed by atoms with Crippen molar-refractivity contribution < 1.29 is 22.7 Å². The van der Waals surface area contributed by atoms with Crippen LogP contribution in [0.5, 0.6) is 5.75 Å². The van der Waals surface area contributed by atoms with Crippen molar-refractivity contribution in [1.82, 2.24) is 0 Å². The molecule has 0 fully saturated rings. The fourth-order valence-electron chi connectivity index (χ4n) is 1.93. The quantitative estimate of drug-likeness (QED) is 0.790. The normalized spacial score (nSPS) is 11.2. The third kappa shape index (κ3) is 4.48. The summed E-state index contributed by atoms with van der Waals surface area (Å²) in [5.74, 6) is -0.186. The summed E-state index contributed by atoms with van der Waals surface area (Å²) < 4.78 is 44.1. The Morgan fingerprint density at radius 2 is 1.96 bits per heavy atom. The number of hydrogen-bond acceptors (Lipinski definition) is 2. The molecule has 0 unspecified atom stereocenters. The number of alkyl halides is 3. The molecule has 122 valence electrons. The number of hydrogen-bond donors (Lipinski definition) is 1. The second-order valence-corrected chi connectivity index (χ2v) is 5.52. The van der Waals surface area contributed by atoms with Crippen LogP contribution in [-0.2, 0) is 6.18 Å². The Balaban J connectivity index is 2.28. The average molecular weight is 388 g/mol. The van der Waals surface area contributed by atoms with Gasteiger partial charge in [0.2, 0.25) is 0 Å². The molecule has 0 radical (unpaired) electrons. The molecule has 0 saturated carbocycles. The molecule has 3 nitrogen and oxygen atoms in total. The zero-order valence-corrected chi connectivity index (χ0v) is 13.7. The van der Waals surface area contributed by atoms with E-state index in [0.29, 0.717) is 16.8 Å². The Morgan fingerprint density at radius 1 is 1.22 bits per heavy atom. The van der Waals surface area contributed by atoms with Crippen molar-refractivity contribution in [2.45, 2.75) is 13.1 Å². The second kappa shape index (κ2) is 7.04. The standard InChI is InChI=1S/C16H13BrF3NO2/c1-2-23-14-7-6-11(17)9-13(14)15(22)21-12-5-3-4-10(8-12)16(18,19)20/h3-9H,2H2,1H3,(H,21,22). The molecule has 0 saturated heterocycles. The molecule has 1 N–H and O–H groups in total. The van der Waals surface area contributed by atoms with Crippen molar-refractivity contribution in [1.29, 1.82) is 0 Å². The molecule has 0 aliphatic carbocycles. The molecule has 7 heteroatoms. The smallest absolute Gasteiger partial charge is 0.416 e. The van der Waals surface area contributed by atoms with Gasteiger partial charge in [-0.1, -0.05) is 22.0 Å². The monoisotopic (exact) mass is 387 g/mol. The minimum absolute atomic E-state index is 0.0623. The van der Waals surface area contributed by atoms with Gasteiger partial charge in [-0.2, -0.15) is 13.2 Å². The van der Waals surface area contributed by atoms with Gasteiger partial charge in [0, 0.05) is 10.2 Å². The van der Waals surface area contributed by atoms with Crippen molar-refractivity contribution in [2.24, 2.45) is 0 Å². The molecule has 0 spiro atoms. The summed E-state index contributed by atoms with van der Waals surface area (Å²) in [5.41, 5.74) is -0.527. The summed E-state index contributed by atoms with van der Waals surface area (Å²) in [6.07, 6.45) is -4.47. The van der Waals surface area contributed by atoms with Gasteiger partial charge in [-0.25, -0.2) is 0 Å². The van der Waals surface area contributed by atoms with E-state index in [1.165, 1.54) is 12.1 Å². The molecule has 2 rings (SSSR count). The number of benzene rings is 2. The van der Waals surface area contributed by atoms with Crippen LogP contribution in [0.3, 0.4) is 0 Å². The SMILES string of the molecule is CCOc1ccc(Br)cc1C(=O)Nc1cccc(C(F)(F)F)c1. The first-order chi connectivity index (χ1) is 10.8. The number of carbonyl (C=O) groups excluding carboxylic acids is 1. The lowest BCUT2D eigenvalue weighted by molar-refractivity contribution is -0.137. The van der Waals surface area contributed by atoms with Crippen molar-refractivity contribution in [3.8, 4) is 5.75 Å². The van der Waals surface area contributed by atoms with Crippen LogP contribution in [0, 0.1) is 0 Å². The van der Waals surface area contributed by atoms with Gasteiger partial charge < -0.3 is 10.1 Å². The maximum absolute atomic E-state index is 12.7. The highest BCUT2D eigenvalue weighted by Gasteiger charge is 2.30. The number of halogens is 4. The lowest BCUT2D eigenvalue weighted by atomic mass is 10.1. The lowest BCUT2D eigenvalue weighted by Crippen LogP contribution is -2.14. The Kier molecular flexibility index (Phi) is 5.30. The van der Waals surface area contributed by atoms with Gasteiger partial charge in [0.25, 0.3) is 5.91 Å². The molecule has 0 aliphatic rings. The van der Waals surface area contributed by atoms with Gasteiger partial charge in [0.15, 0.2) is 0 Å². The van der Waals surface area contributed by atoms with E-state index in [4.69, 9.17) is 4.74 Å². The summed E-state index contributed by atoms with van der Waals surface area (Å²) >= 11 is 3.25. The number of ether oxygens (including phenoxy) is 1. The van der Waals surface area contributed by atoms with E-state index < -0.39 is 17.6 Å². The molecule has 2 aromatic rings. The van der Waals surface area contributed by atoms with Crippen LogP contribution in [0.4, 0.5) is 18.9 Å². The van der Waals surface area contributed by atoms with Crippen LogP contribution in [0.25, 0.3) is 0 Å². The van der Waals surface area contributed by atoms with Crippen molar-refractivity contribution in [3.05, 3.63) is 58.1 Å². The van der Waals surface area contributed by atoms with Crippen LogP contribution in [0.2, 0.25) is 0 Å². The Bertz CT molecular complexity index is 717. The van der Waals surface area contributed by atoms with Crippen LogP contribution in [0.1, 0.15) is 22.8 Å². The van der Waals surface area contributed by atoms with Gasteiger partial charge >= 0.3 is 6.18 Å². The first-order valence-electron chi connectivity index (χ1n) is 6.72. The van der Waals surface area contributed by atoms with Gasteiger partial charge in [0.1, 0.15) is 5.75 Å². The number of amides is 1. The lowest BCUT2D eigenvalue weighted by Gasteiger charge is -2.12. The Morgan fingerprint density at radius 3 is 2.61 bits per heavy atom. The predicted molar refractivity (Wildman–Crippen MR) is 84.7 cm³/mol. The van der Waals surface area contributed by atoms with E-state index in [0.717, 1.165) is 12.1 Å². The largest absolute Gasteiger partial charge is 0.493 e. The molecule has 1 amide bonds. The third-order valence-electron chi connectivity index (χ3n) is 2.93. The maximum Gasteiger partial charge on any atom is 0.416 e. The molecule has 2 aromatic carbocycles.